The third kappa shape index (κ3) is 3.26. The summed E-state index contributed by atoms with van der Waals surface area (Å²) in [6.45, 7) is 0.639. The highest BCUT2D eigenvalue weighted by molar-refractivity contribution is 7.16. The van der Waals surface area contributed by atoms with Crippen molar-refractivity contribution < 1.29 is 9.52 Å². The normalized spacial score (nSPS) is 10.8. The van der Waals surface area contributed by atoms with E-state index in [4.69, 9.17) is 16.0 Å². The van der Waals surface area contributed by atoms with Crippen molar-refractivity contribution in [1.82, 2.24) is 4.98 Å². The lowest BCUT2D eigenvalue weighted by molar-refractivity contribution is 0.282. The number of nitrogens with one attached hydrogen (secondary N) is 1. The lowest BCUT2D eigenvalue weighted by atomic mass is 10.1. The number of halogens is 1. The van der Waals surface area contributed by atoms with Crippen molar-refractivity contribution >= 4 is 28.6 Å². The number of aliphatic hydroxyl groups excluding tert-OH is 1. The molecular formula is C15H13ClN2O2S. The first kappa shape index (κ1) is 14.1. The van der Waals surface area contributed by atoms with Crippen LogP contribution in [0.5, 0.6) is 0 Å². The molecule has 0 bridgehead atoms. The van der Waals surface area contributed by atoms with Gasteiger partial charge in [0, 0.05) is 22.7 Å². The summed E-state index contributed by atoms with van der Waals surface area (Å²) in [4.78, 5) is 5.06. The Morgan fingerprint density at radius 2 is 2.19 bits per heavy atom. The minimum Gasteiger partial charge on any atom is -0.444 e. The van der Waals surface area contributed by atoms with Gasteiger partial charge in [0.25, 0.3) is 0 Å². The summed E-state index contributed by atoms with van der Waals surface area (Å²) >= 11 is 7.46. The molecule has 108 valence electrons. The number of rotatable bonds is 5. The zero-order chi connectivity index (χ0) is 14.7. The van der Waals surface area contributed by atoms with E-state index in [1.165, 1.54) is 6.39 Å². The van der Waals surface area contributed by atoms with Gasteiger partial charge in [0.2, 0.25) is 0 Å². The average molecular weight is 321 g/mol. The molecule has 6 heteroatoms. The fraction of sp³-hybridized carbons (Fsp3) is 0.133. The standard InChI is InChI=1S/C15H13ClN2O2S/c16-15-4-2-12(21-15)6-18-11-1-3-13(10(5-11)8-19)14-7-17-9-20-14/h1-5,7,9,18-19H,6,8H2. The molecule has 0 fully saturated rings. The Morgan fingerprint density at radius 3 is 2.86 bits per heavy atom. The number of nitrogens with zero attached hydrogens (tertiary/aromatic N) is 1. The number of oxazole rings is 1. The molecule has 3 rings (SSSR count). The van der Waals surface area contributed by atoms with Crippen LogP contribution in [0.15, 0.2) is 47.3 Å². The fourth-order valence-electron chi connectivity index (χ4n) is 2.06. The van der Waals surface area contributed by atoms with Crippen molar-refractivity contribution in [2.24, 2.45) is 0 Å². The maximum atomic E-state index is 9.53. The van der Waals surface area contributed by atoms with E-state index in [2.05, 4.69) is 10.3 Å². The van der Waals surface area contributed by atoms with E-state index < -0.39 is 0 Å². The molecule has 0 unspecified atom stereocenters. The van der Waals surface area contributed by atoms with Gasteiger partial charge < -0.3 is 14.8 Å². The molecule has 0 aliphatic heterocycles. The highest BCUT2D eigenvalue weighted by Crippen LogP contribution is 2.27. The zero-order valence-electron chi connectivity index (χ0n) is 11.0. The molecule has 1 aromatic carbocycles. The van der Waals surface area contributed by atoms with Crippen molar-refractivity contribution in [2.75, 3.05) is 5.32 Å². The second-order valence-electron chi connectivity index (χ2n) is 4.46. The number of hydrogen-bond donors (Lipinski definition) is 2. The Kier molecular flexibility index (Phi) is 4.24. The summed E-state index contributed by atoms with van der Waals surface area (Å²) in [5, 5.41) is 12.8. The molecule has 0 saturated carbocycles. The Hall–Kier alpha value is -1.82. The Morgan fingerprint density at radius 1 is 1.29 bits per heavy atom. The molecule has 0 atom stereocenters. The lowest BCUT2D eigenvalue weighted by Crippen LogP contribution is -1.99. The van der Waals surface area contributed by atoms with Gasteiger partial charge in [-0.05, 0) is 35.9 Å². The Labute approximate surface area is 131 Å². The van der Waals surface area contributed by atoms with Crippen LogP contribution in [0.2, 0.25) is 4.34 Å². The van der Waals surface area contributed by atoms with E-state index in [-0.39, 0.29) is 6.61 Å². The largest absolute Gasteiger partial charge is 0.444 e. The molecule has 0 aliphatic carbocycles. The van der Waals surface area contributed by atoms with Crippen molar-refractivity contribution in [1.29, 1.82) is 0 Å². The van der Waals surface area contributed by atoms with E-state index in [1.54, 1.807) is 17.5 Å². The quantitative estimate of drug-likeness (QED) is 0.741. The van der Waals surface area contributed by atoms with Gasteiger partial charge in [0.1, 0.15) is 0 Å². The summed E-state index contributed by atoms with van der Waals surface area (Å²) < 4.78 is 6.06. The van der Waals surface area contributed by atoms with Gasteiger partial charge >= 0.3 is 0 Å². The number of aliphatic hydroxyl groups is 1. The molecule has 0 spiro atoms. The van der Waals surface area contributed by atoms with E-state index in [0.717, 1.165) is 26.0 Å². The number of aromatic nitrogens is 1. The molecule has 0 aliphatic rings. The van der Waals surface area contributed by atoms with Crippen LogP contribution >= 0.6 is 22.9 Å². The predicted octanol–water partition coefficient (Wildman–Crippen LogP) is 4.16. The molecule has 0 saturated heterocycles. The molecule has 2 aromatic heterocycles. The number of hydrogen-bond acceptors (Lipinski definition) is 5. The second kappa shape index (κ2) is 6.30. The first-order chi connectivity index (χ1) is 10.3. The maximum Gasteiger partial charge on any atom is 0.181 e. The predicted molar refractivity (Wildman–Crippen MR) is 84.5 cm³/mol. The van der Waals surface area contributed by atoms with E-state index in [0.29, 0.717) is 12.3 Å². The minimum absolute atomic E-state index is 0.0591. The SMILES string of the molecule is OCc1cc(NCc2ccc(Cl)s2)ccc1-c1cnco1. The van der Waals surface area contributed by atoms with Gasteiger partial charge in [-0.25, -0.2) is 4.98 Å². The van der Waals surface area contributed by atoms with Crippen molar-refractivity contribution in [2.45, 2.75) is 13.2 Å². The number of thiophene rings is 1. The van der Waals surface area contributed by atoms with E-state index >= 15 is 0 Å². The minimum atomic E-state index is -0.0591. The molecule has 21 heavy (non-hydrogen) atoms. The molecule has 0 radical (unpaired) electrons. The topological polar surface area (TPSA) is 58.3 Å². The monoisotopic (exact) mass is 320 g/mol. The van der Waals surface area contributed by atoms with Gasteiger partial charge in [-0.1, -0.05) is 11.6 Å². The number of benzene rings is 1. The van der Waals surface area contributed by atoms with Gasteiger partial charge in [-0.2, -0.15) is 0 Å². The molecule has 2 N–H and O–H groups in total. The van der Waals surface area contributed by atoms with Crippen LogP contribution in [0.4, 0.5) is 5.69 Å². The molecular weight excluding hydrogens is 308 g/mol. The van der Waals surface area contributed by atoms with Gasteiger partial charge in [-0.15, -0.1) is 11.3 Å². The summed E-state index contributed by atoms with van der Waals surface area (Å²) in [6.07, 6.45) is 3.01. The van der Waals surface area contributed by atoms with Crippen LogP contribution in [0.3, 0.4) is 0 Å². The highest BCUT2D eigenvalue weighted by atomic mass is 35.5. The maximum absolute atomic E-state index is 9.53. The zero-order valence-corrected chi connectivity index (χ0v) is 12.6. The van der Waals surface area contributed by atoms with Crippen LogP contribution in [-0.2, 0) is 13.2 Å². The van der Waals surface area contributed by atoms with Crippen molar-refractivity contribution in [3.63, 3.8) is 0 Å². The highest BCUT2D eigenvalue weighted by Gasteiger charge is 2.09. The third-order valence-electron chi connectivity index (χ3n) is 3.07. The summed E-state index contributed by atoms with van der Waals surface area (Å²) in [5.74, 6) is 0.649. The molecule has 0 amide bonds. The smallest absolute Gasteiger partial charge is 0.181 e. The number of anilines is 1. The van der Waals surface area contributed by atoms with Crippen molar-refractivity contribution in [3.05, 3.63) is 57.7 Å². The van der Waals surface area contributed by atoms with Gasteiger partial charge in [0.05, 0.1) is 17.1 Å². The van der Waals surface area contributed by atoms with E-state index in [1.807, 2.05) is 30.3 Å². The molecule has 3 aromatic rings. The first-order valence-corrected chi connectivity index (χ1v) is 7.56. The van der Waals surface area contributed by atoms with Gasteiger partial charge in [-0.3, -0.25) is 0 Å². The van der Waals surface area contributed by atoms with Crippen LogP contribution in [-0.4, -0.2) is 10.1 Å². The Balaban J connectivity index is 1.78. The lowest BCUT2D eigenvalue weighted by Gasteiger charge is -2.09. The van der Waals surface area contributed by atoms with Crippen LogP contribution in [0.25, 0.3) is 11.3 Å². The molecule has 2 heterocycles. The fourth-order valence-corrected chi connectivity index (χ4v) is 3.09. The second-order valence-corrected chi connectivity index (χ2v) is 6.25. The van der Waals surface area contributed by atoms with Crippen LogP contribution in [0.1, 0.15) is 10.4 Å². The van der Waals surface area contributed by atoms with Crippen LogP contribution in [0, 0.1) is 0 Å². The van der Waals surface area contributed by atoms with E-state index in [9.17, 15) is 5.11 Å². The summed E-state index contributed by atoms with van der Waals surface area (Å²) in [5.41, 5.74) is 2.58. The first-order valence-electron chi connectivity index (χ1n) is 6.37. The third-order valence-corrected chi connectivity index (χ3v) is 4.30. The van der Waals surface area contributed by atoms with Crippen LogP contribution < -0.4 is 5.32 Å². The Bertz CT molecular complexity index is 725. The van der Waals surface area contributed by atoms with Gasteiger partial charge in [0.15, 0.2) is 12.2 Å². The van der Waals surface area contributed by atoms with Crippen molar-refractivity contribution in [3.8, 4) is 11.3 Å². The summed E-state index contributed by atoms with van der Waals surface area (Å²) in [6, 6.07) is 9.65. The summed E-state index contributed by atoms with van der Waals surface area (Å²) in [7, 11) is 0. The molecule has 4 nitrogen and oxygen atoms in total. The average Bonchev–Trinajstić information content (AvgIpc) is 3.16.